The van der Waals surface area contributed by atoms with Crippen LogP contribution in [0.3, 0.4) is 0 Å². The Balaban J connectivity index is 0. The van der Waals surface area contributed by atoms with Crippen LogP contribution in [0.1, 0.15) is 33.6 Å². The molecule has 0 aromatic carbocycles. The van der Waals surface area contributed by atoms with Crippen LogP contribution in [0.5, 0.6) is 0 Å². The van der Waals surface area contributed by atoms with Gasteiger partial charge < -0.3 is 9.84 Å². The summed E-state index contributed by atoms with van der Waals surface area (Å²) in [6, 6.07) is 0. The molecule has 3 nitrogen and oxygen atoms in total. The lowest BCUT2D eigenvalue weighted by Gasteiger charge is -1.90. The molecule has 0 rings (SSSR count). The van der Waals surface area contributed by atoms with Crippen molar-refractivity contribution < 1.29 is 14.6 Å². The standard InChI is InChI=1S/C5H10O2.C3H8O/c1-2-3-4-7-5-6;1-3(2)4/h5H,2-4H2,1H3;3-4H,1-2H3. The molecule has 0 heterocycles. The van der Waals surface area contributed by atoms with E-state index in [2.05, 4.69) is 4.74 Å². The van der Waals surface area contributed by atoms with Crippen LogP contribution in [0.15, 0.2) is 0 Å². The Morgan fingerprint density at radius 1 is 1.55 bits per heavy atom. The molecule has 0 fully saturated rings. The molecule has 0 bridgehead atoms. The molecule has 3 heteroatoms. The highest BCUT2D eigenvalue weighted by atomic mass is 16.5. The Hall–Kier alpha value is -0.570. The van der Waals surface area contributed by atoms with Gasteiger partial charge in [-0.05, 0) is 20.3 Å². The zero-order valence-electron chi connectivity index (χ0n) is 7.54. The zero-order valence-corrected chi connectivity index (χ0v) is 7.54. The number of aliphatic hydroxyl groups is 1. The lowest BCUT2D eigenvalue weighted by molar-refractivity contribution is -0.128. The van der Waals surface area contributed by atoms with Crippen LogP contribution in [-0.2, 0) is 9.53 Å². The van der Waals surface area contributed by atoms with Gasteiger partial charge in [-0.15, -0.1) is 0 Å². The van der Waals surface area contributed by atoms with E-state index in [1.807, 2.05) is 6.92 Å². The van der Waals surface area contributed by atoms with Crippen molar-refractivity contribution in [3.8, 4) is 0 Å². The highest BCUT2D eigenvalue weighted by Gasteiger charge is 1.78. The number of hydrogen-bond acceptors (Lipinski definition) is 3. The first-order chi connectivity index (χ1) is 5.15. The summed E-state index contributed by atoms with van der Waals surface area (Å²) in [7, 11) is 0. The topological polar surface area (TPSA) is 46.5 Å². The molecular weight excluding hydrogens is 144 g/mol. The minimum atomic E-state index is -0.167. The summed E-state index contributed by atoms with van der Waals surface area (Å²) in [5, 5.41) is 8.06. The van der Waals surface area contributed by atoms with E-state index in [0.29, 0.717) is 13.1 Å². The van der Waals surface area contributed by atoms with E-state index in [9.17, 15) is 4.79 Å². The van der Waals surface area contributed by atoms with Crippen molar-refractivity contribution in [2.24, 2.45) is 0 Å². The summed E-state index contributed by atoms with van der Waals surface area (Å²) >= 11 is 0. The number of aliphatic hydroxyl groups excluding tert-OH is 1. The third-order valence-corrected chi connectivity index (χ3v) is 0.684. The lowest BCUT2D eigenvalue weighted by Crippen LogP contribution is -1.88. The van der Waals surface area contributed by atoms with Crippen LogP contribution < -0.4 is 0 Å². The maximum atomic E-state index is 9.46. The van der Waals surface area contributed by atoms with Gasteiger partial charge in [-0.3, -0.25) is 4.79 Å². The van der Waals surface area contributed by atoms with E-state index in [1.165, 1.54) is 0 Å². The maximum Gasteiger partial charge on any atom is 0.293 e. The van der Waals surface area contributed by atoms with Gasteiger partial charge in [0, 0.05) is 6.10 Å². The third kappa shape index (κ3) is 44.2. The Morgan fingerprint density at radius 2 is 2.00 bits per heavy atom. The Morgan fingerprint density at radius 3 is 2.27 bits per heavy atom. The van der Waals surface area contributed by atoms with E-state index >= 15 is 0 Å². The largest absolute Gasteiger partial charge is 0.468 e. The van der Waals surface area contributed by atoms with Crippen molar-refractivity contribution in [1.82, 2.24) is 0 Å². The summed E-state index contributed by atoms with van der Waals surface area (Å²) in [6.07, 6.45) is 1.88. The molecule has 0 aromatic heterocycles. The van der Waals surface area contributed by atoms with E-state index in [4.69, 9.17) is 5.11 Å². The lowest BCUT2D eigenvalue weighted by atomic mass is 10.4. The molecule has 11 heavy (non-hydrogen) atoms. The Bertz CT molecular complexity index is 69.0. The van der Waals surface area contributed by atoms with Gasteiger partial charge in [0.05, 0.1) is 6.61 Å². The summed E-state index contributed by atoms with van der Waals surface area (Å²) in [5.74, 6) is 0. The predicted octanol–water partition coefficient (Wildman–Crippen LogP) is 1.35. The van der Waals surface area contributed by atoms with E-state index in [0.717, 1.165) is 12.8 Å². The van der Waals surface area contributed by atoms with Crippen molar-refractivity contribution in [2.75, 3.05) is 6.61 Å². The molecule has 0 aliphatic carbocycles. The molecule has 0 aliphatic heterocycles. The molecule has 0 spiro atoms. The molecule has 0 radical (unpaired) electrons. The van der Waals surface area contributed by atoms with Crippen molar-refractivity contribution in [1.29, 1.82) is 0 Å². The number of carbonyl (C=O) groups excluding carboxylic acids is 1. The van der Waals surface area contributed by atoms with Crippen LogP contribution in [0.2, 0.25) is 0 Å². The first kappa shape index (κ1) is 13.1. The van der Waals surface area contributed by atoms with Gasteiger partial charge in [0.2, 0.25) is 0 Å². The minimum absolute atomic E-state index is 0.167. The summed E-state index contributed by atoms with van der Waals surface area (Å²) in [6.45, 7) is 6.55. The smallest absolute Gasteiger partial charge is 0.293 e. The second kappa shape index (κ2) is 12.1. The van der Waals surface area contributed by atoms with Crippen molar-refractivity contribution >= 4 is 6.47 Å². The van der Waals surface area contributed by atoms with Crippen LogP contribution in [0.25, 0.3) is 0 Å². The number of carbonyl (C=O) groups is 1. The zero-order chi connectivity index (χ0) is 9.11. The van der Waals surface area contributed by atoms with E-state index < -0.39 is 0 Å². The van der Waals surface area contributed by atoms with Crippen LogP contribution in [0.4, 0.5) is 0 Å². The van der Waals surface area contributed by atoms with Crippen molar-refractivity contribution in [2.45, 2.75) is 39.7 Å². The maximum absolute atomic E-state index is 9.46. The molecule has 0 atom stereocenters. The molecule has 0 aromatic rings. The summed E-state index contributed by atoms with van der Waals surface area (Å²) in [5.41, 5.74) is 0. The average molecular weight is 162 g/mol. The monoisotopic (exact) mass is 162 g/mol. The number of rotatable bonds is 4. The van der Waals surface area contributed by atoms with E-state index in [-0.39, 0.29) is 6.10 Å². The second-order valence-electron chi connectivity index (χ2n) is 2.41. The number of unbranched alkanes of at least 4 members (excludes halogenated alkanes) is 1. The predicted molar refractivity (Wildman–Crippen MR) is 44.3 cm³/mol. The van der Waals surface area contributed by atoms with Crippen LogP contribution >= 0.6 is 0 Å². The molecule has 0 amide bonds. The minimum Gasteiger partial charge on any atom is -0.468 e. The average Bonchev–Trinajstić information content (AvgIpc) is 1.88. The van der Waals surface area contributed by atoms with Crippen LogP contribution in [-0.4, -0.2) is 24.3 Å². The highest BCUT2D eigenvalue weighted by Crippen LogP contribution is 1.83. The van der Waals surface area contributed by atoms with Gasteiger partial charge in [-0.2, -0.15) is 0 Å². The second-order valence-corrected chi connectivity index (χ2v) is 2.41. The van der Waals surface area contributed by atoms with Crippen molar-refractivity contribution in [3.05, 3.63) is 0 Å². The van der Waals surface area contributed by atoms with Gasteiger partial charge >= 0.3 is 0 Å². The van der Waals surface area contributed by atoms with Gasteiger partial charge in [0.1, 0.15) is 0 Å². The fourth-order valence-corrected chi connectivity index (χ4v) is 0.276. The summed E-state index contributed by atoms with van der Waals surface area (Å²) < 4.78 is 4.39. The summed E-state index contributed by atoms with van der Waals surface area (Å²) in [4.78, 5) is 9.46. The molecule has 0 unspecified atom stereocenters. The fourth-order valence-electron chi connectivity index (χ4n) is 0.276. The Kier molecular flexibility index (Phi) is 14.4. The molecule has 0 saturated heterocycles. The molecule has 68 valence electrons. The third-order valence-electron chi connectivity index (χ3n) is 0.684. The van der Waals surface area contributed by atoms with Gasteiger partial charge in [-0.25, -0.2) is 0 Å². The number of ether oxygens (including phenoxy) is 1. The quantitative estimate of drug-likeness (QED) is 0.501. The van der Waals surface area contributed by atoms with E-state index in [1.54, 1.807) is 13.8 Å². The van der Waals surface area contributed by atoms with Gasteiger partial charge in [0.25, 0.3) is 6.47 Å². The molecule has 1 N–H and O–H groups in total. The fraction of sp³-hybridized carbons (Fsp3) is 0.875. The van der Waals surface area contributed by atoms with Crippen LogP contribution in [0, 0.1) is 0 Å². The van der Waals surface area contributed by atoms with Gasteiger partial charge in [0.15, 0.2) is 0 Å². The molecular formula is C8H18O3. The Labute approximate surface area is 68.4 Å². The first-order valence-electron chi connectivity index (χ1n) is 3.88. The normalized spacial score (nSPS) is 8.45. The first-order valence-corrected chi connectivity index (χ1v) is 3.88. The number of hydrogen-bond donors (Lipinski definition) is 1. The molecule has 0 saturated carbocycles. The highest BCUT2D eigenvalue weighted by molar-refractivity contribution is 5.36. The van der Waals surface area contributed by atoms with Crippen molar-refractivity contribution in [3.63, 3.8) is 0 Å². The molecule has 0 aliphatic rings. The SMILES string of the molecule is CC(C)O.CCCCOC=O. The van der Waals surface area contributed by atoms with Gasteiger partial charge in [-0.1, -0.05) is 13.3 Å².